The zero-order valence-electron chi connectivity index (χ0n) is 12.7. The molecule has 5 nitrogen and oxygen atoms in total. The fourth-order valence-corrected chi connectivity index (χ4v) is 3.92. The lowest BCUT2D eigenvalue weighted by Crippen LogP contribution is -2.33. The van der Waals surface area contributed by atoms with Crippen molar-refractivity contribution < 1.29 is 8.42 Å². The Bertz CT molecular complexity index is 618. The maximum Gasteiger partial charge on any atom is 0.222 e. The zero-order chi connectivity index (χ0) is 16.2. The van der Waals surface area contributed by atoms with Crippen molar-refractivity contribution in [2.24, 2.45) is 4.99 Å². The predicted molar refractivity (Wildman–Crippen MR) is 91.5 cm³/mol. The predicted octanol–water partition coefficient (Wildman–Crippen LogP) is 3.47. The van der Waals surface area contributed by atoms with Crippen molar-refractivity contribution in [2.75, 3.05) is 13.3 Å². The first-order valence-electron chi connectivity index (χ1n) is 6.32. The minimum atomic E-state index is -3.28. The summed E-state index contributed by atoms with van der Waals surface area (Å²) in [6.45, 7) is 5.56. The molecule has 0 amide bonds. The molecule has 0 unspecified atom stereocenters. The highest BCUT2D eigenvalue weighted by molar-refractivity contribution is 8.07. The lowest BCUT2D eigenvalue weighted by atomic mass is 10.2. The smallest absolute Gasteiger partial charge is 0.222 e. The van der Waals surface area contributed by atoms with E-state index in [-0.39, 0.29) is 6.04 Å². The SMILES string of the molecule is Cc1cc(Cl)ccc1/N=C/N(C)SN(C(C)C)S(C)(=O)=O. The van der Waals surface area contributed by atoms with Gasteiger partial charge in [0.05, 0.1) is 24.1 Å². The average molecular weight is 350 g/mol. The van der Waals surface area contributed by atoms with Crippen molar-refractivity contribution in [3.05, 3.63) is 28.8 Å². The van der Waals surface area contributed by atoms with E-state index in [4.69, 9.17) is 11.6 Å². The summed E-state index contributed by atoms with van der Waals surface area (Å²) in [5.74, 6) is 0. The Labute approximate surface area is 136 Å². The third-order valence-corrected chi connectivity index (χ3v) is 5.73. The summed E-state index contributed by atoms with van der Waals surface area (Å²) in [6, 6.07) is 5.28. The number of aryl methyl sites for hydroxylation is 1. The maximum atomic E-state index is 11.7. The Morgan fingerprint density at radius 3 is 2.48 bits per heavy atom. The molecular formula is C13H20ClN3O2S2. The van der Waals surface area contributed by atoms with E-state index in [0.717, 1.165) is 23.4 Å². The second-order valence-electron chi connectivity index (χ2n) is 4.92. The lowest BCUT2D eigenvalue weighted by molar-refractivity contribution is 0.500. The molecule has 0 aromatic heterocycles. The molecule has 8 heteroatoms. The molecule has 0 heterocycles. The van der Waals surface area contributed by atoms with Crippen LogP contribution in [0.5, 0.6) is 0 Å². The van der Waals surface area contributed by atoms with E-state index < -0.39 is 10.0 Å². The zero-order valence-corrected chi connectivity index (χ0v) is 15.1. The molecule has 0 saturated carbocycles. The average Bonchev–Trinajstić information content (AvgIpc) is 2.33. The summed E-state index contributed by atoms with van der Waals surface area (Å²) < 4.78 is 26.4. The number of sulfonamides is 1. The van der Waals surface area contributed by atoms with Gasteiger partial charge in [-0.3, -0.25) is 4.31 Å². The second-order valence-corrected chi connectivity index (χ2v) is 8.57. The van der Waals surface area contributed by atoms with Crippen molar-refractivity contribution in [3.8, 4) is 0 Å². The molecule has 1 aromatic rings. The Kier molecular flexibility index (Phi) is 6.52. The number of halogens is 1. The summed E-state index contributed by atoms with van der Waals surface area (Å²) >= 11 is 6.99. The first kappa shape index (κ1) is 18.3. The summed E-state index contributed by atoms with van der Waals surface area (Å²) in [7, 11) is -1.53. The molecule has 0 radical (unpaired) electrons. The molecule has 21 heavy (non-hydrogen) atoms. The van der Waals surface area contributed by atoms with Gasteiger partial charge in [-0.1, -0.05) is 11.6 Å². The number of hydrogen-bond donors (Lipinski definition) is 0. The van der Waals surface area contributed by atoms with Gasteiger partial charge in [-0.2, -0.15) is 0 Å². The van der Waals surface area contributed by atoms with Crippen LogP contribution in [-0.2, 0) is 10.0 Å². The molecule has 0 atom stereocenters. The van der Waals surface area contributed by atoms with Gasteiger partial charge in [0, 0.05) is 18.1 Å². The molecule has 1 aromatic carbocycles. The van der Waals surface area contributed by atoms with Gasteiger partial charge < -0.3 is 0 Å². The van der Waals surface area contributed by atoms with E-state index in [9.17, 15) is 8.42 Å². The van der Waals surface area contributed by atoms with Gasteiger partial charge in [0.1, 0.15) is 6.34 Å². The topological polar surface area (TPSA) is 53.0 Å². The van der Waals surface area contributed by atoms with Crippen molar-refractivity contribution in [1.29, 1.82) is 0 Å². The fourth-order valence-electron chi connectivity index (χ4n) is 1.59. The van der Waals surface area contributed by atoms with Crippen LogP contribution in [-0.4, -0.2) is 42.1 Å². The molecule has 0 spiro atoms. The minimum Gasteiger partial charge on any atom is -0.296 e. The fraction of sp³-hybridized carbons (Fsp3) is 0.462. The summed E-state index contributed by atoms with van der Waals surface area (Å²) in [4.78, 5) is 4.34. The van der Waals surface area contributed by atoms with Crippen molar-refractivity contribution >= 4 is 45.8 Å². The normalized spacial score (nSPS) is 12.6. The molecule has 0 aliphatic rings. The minimum absolute atomic E-state index is 0.141. The van der Waals surface area contributed by atoms with Crippen LogP contribution in [0.3, 0.4) is 0 Å². The molecule has 0 aliphatic carbocycles. The molecular weight excluding hydrogens is 330 g/mol. The van der Waals surface area contributed by atoms with E-state index in [2.05, 4.69) is 4.99 Å². The molecule has 0 N–H and O–H groups in total. The molecule has 0 bridgehead atoms. The van der Waals surface area contributed by atoms with Crippen LogP contribution in [0.25, 0.3) is 0 Å². The van der Waals surface area contributed by atoms with Crippen LogP contribution in [0.1, 0.15) is 19.4 Å². The van der Waals surface area contributed by atoms with Crippen molar-refractivity contribution in [1.82, 2.24) is 8.02 Å². The first-order chi connectivity index (χ1) is 9.61. The maximum absolute atomic E-state index is 11.7. The summed E-state index contributed by atoms with van der Waals surface area (Å²) in [5.41, 5.74) is 1.75. The Balaban J connectivity index is 2.80. The third kappa shape index (κ3) is 5.86. The van der Waals surface area contributed by atoms with Crippen molar-refractivity contribution in [2.45, 2.75) is 26.8 Å². The van der Waals surface area contributed by atoms with Crippen LogP contribution < -0.4 is 0 Å². The van der Waals surface area contributed by atoms with E-state index in [1.807, 2.05) is 32.9 Å². The summed E-state index contributed by atoms with van der Waals surface area (Å²) in [5, 5.41) is 0.664. The summed E-state index contributed by atoms with van der Waals surface area (Å²) in [6.07, 6.45) is 2.77. The lowest BCUT2D eigenvalue weighted by Gasteiger charge is -2.25. The van der Waals surface area contributed by atoms with Gasteiger partial charge in [0.15, 0.2) is 0 Å². The first-order valence-corrected chi connectivity index (χ1v) is 9.27. The van der Waals surface area contributed by atoms with Crippen LogP contribution >= 0.6 is 23.7 Å². The Morgan fingerprint density at radius 2 is 2.00 bits per heavy atom. The molecule has 0 aliphatic heterocycles. The Hall–Kier alpha value is -0.760. The number of aliphatic imine (C=N–C) groups is 1. The highest BCUT2D eigenvalue weighted by Gasteiger charge is 2.22. The van der Waals surface area contributed by atoms with Gasteiger partial charge in [-0.25, -0.2) is 13.4 Å². The van der Waals surface area contributed by atoms with Crippen LogP contribution in [0.4, 0.5) is 5.69 Å². The van der Waals surface area contributed by atoms with E-state index in [1.165, 1.54) is 9.97 Å². The standard InChI is InChI=1S/C13H20ClN3O2S2/c1-10(2)17(21(5,18)19)20-16(4)9-15-13-7-6-12(14)8-11(13)3/h6-10H,1-5H3/b15-9+. The van der Waals surface area contributed by atoms with E-state index >= 15 is 0 Å². The second kappa shape index (κ2) is 7.49. The quantitative estimate of drug-likeness (QED) is 0.448. The number of nitrogens with zero attached hydrogens (tertiary/aromatic N) is 3. The van der Waals surface area contributed by atoms with E-state index in [1.54, 1.807) is 23.8 Å². The van der Waals surface area contributed by atoms with E-state index in [0.29, 0.717) is 5.02 Å². The highest BCUT2D eigenvalue weighted by Crippen LogP contribution is 2.24. The third-order valence-electron chi connectivity index (χ3n) is 2.48. The molecule has 0 fully saturated rings. The van der Waals surface area contributed by atoms with Gasteiger partial charge >= 0.3 is 0 Å². The van der Waals surface area contributed by atoms with Gasteiger partial charge in [-0.15, -0.1) is 3.71 Å². The monoisotopic (exact) mass is 349 g/mol. The molecule has 0 saturated heterocycles. The largest absolute Gasteiger partial charge is 0.296 e. The number of benzene rings is 1. The number of hydrogen-bond acceptors (Lipinski definition) is 4. The van der Waals surface area contributed by atoms with Crippen LogP contribution in [0.2, 0.25) is 5.02 Å². The highest BCUT2D eigenvalue weighted by atomic mass is 35.5. The van der Waals surface area contributed by atoms with Crippen LogP contribution in [0.15, 0.2) is 23.2 Å². The van der Waals surface area contributed by atoms with Gasteiger partial charge in [0.2, 0.25) is 10.0 Å². The van der Waals surface area contributed by atoms with Gasteiger partial charge in [0.25, 0.3) is 0 Å². The van der Waals surface area contributed by atoms with Crippen molar-refractivity contribution in [3.63, 3.8) is 0 Å². The van der Waals surface area contributed by atoms with Crippen LogP contribution in [0, 0.1) is 6.92 Å². The van der Waals surface area contributed by atoms with Gasteiger partial charge in [-0.05, 0) is 44.5 Å². The molecule has 1 rings (SSSR count). The number of rotatable bonds is 6. The molecule has 118 valence electrons. The Morgan fingerprint density at radius 1 is 1.38 bits per heavy atom.